The van der Waals surface area contributed by atoms with Gasteiger partial charge in [-0.3, -0.25) is 4.79 Å². The summed E-state index contributed by atoms with van der Waals surface area (Å²) in [6.45, 7) is 3.48. The number of carboxylic acids is 1. The average molecular weight is 252 g/mol. The Morgan fingerprint density at radius 3 is 2.61 bits per heavy atom. The summed E-state index contributed by atoms with van der Waals surface area (Å²) < 4.78 is 10.4. The monoisotopic (exact) mass is 252 g/mol. The van der Waals surface area contributed by atoms with Crippen molar-refractivity contribution in [3.05, 3.63) is 23.8 Å². The second-order valence-corrected chi connectivity index (χ2v) is 4.54. The Hall–Kier alpha value is -1.75. The number of aliphatic hydroxyl groups excluding tert-OH is 1. The van der Waals surface area contributed by atoms with Gasteiger partial charge in [-0.15, -0.1) is 0 Å². The van der Waals surface area contributed by atoms with E-state index in [0.29, 0.717) is 17.1 Å². The van der Waals surface area contributed by atoms with E-state index in [-0.39, 0.29) is 12.7 Å². The molecular formula is C13H16O5. The maximum absolute atomic E-state index is 10.9. The van der Waals surface area contributed by atoms with Crippen LogP contribution in [0.3, 0.4) is 0 Å². The van der Waals surface area contributed by atoms with E-state index in [1.54, 1.807) is 32.0 Å². The van der Waals surface area contributed by atoms with Crippen LogP contribution in [0.4, 0.5) is 0 Å². The Kier molecular flexibility index (Phi) is 3.43. The molecule has 98 valence electrons. The highest BCUT2D eigenvalue weighted by Gasteiger charge is 2.28. The second kappa shape index (κ2) is 4.86. The number of aliphatic carboxylic acids is 1. The van der Waals surface area contributed by atoms with Gasteiger partial charge in [-0.1, -0.05) is 19.9 Å². The van der Waals surface area contributed by atoms with Crippen LogP contribution in [0.5, 0.6) is 11.5 Å². The highest BCUT2D eigenvalue weighted by atomic mass is 16.7. The summed E-state index contributed by atoms with van der Waals surface area (Å²) in [7, 11) is 0. The zero-order valence-corrected chi connectivity index (χ0v) is 10.3. The van der Waals surface area contributed by atoms with Gasteiger partial charge in [0.1, 0.15) is 0 Å². The highest BCUT2D eigenvalue weighted by molar-refractivity contribution is 5.70. The standard InChI is InChI=1S/C13H16O5/c1-7(8(2)13(15)16)12(14)9-3-4-10-11(5-9)18-6-17-10/h3-5,7-8,12,14H,6H2,1-2H3,(H,15,16). The van der Waals surface area contributed by atoms with E-state index in [9.17, 15) is 9.90 Å². The first-order valence-corrected chi connectivity index (χ1v) is 5.81. The van der Waals surface area contributed by atoms with Crippen LogP contribution in [-0.4, -0.2) is 23.0 Å². The first-order valence-electron chi connectivity index (χ1n) is 5.81. The van der Waals surface area contributed by atoms with Crippen LogP contribution in [0.1, 0.15) is 25.5 Å². The molecule has 0 radical (unpaired) electrons. The summed E-state index contributed by atoms with van der Waals surface area (Å²) in [4.78, 5) is 10.9. The zero-order chi connectivity index (χ0) is 13.3. The van der Waals surface area contributed by atoms with Crippen molar-refractivity contribution >= 4 is 5.97 Å². The third kappa shape index (κ3) is 2.26. The Morgan fingerprint density at radius 1 is 1.28 bits per heavy atom. The number of carboxylic acid groups (broad SMARTS) is 1. The molecule has 0 bridgehead atoms. The fraction of sp³-hybridized carbons (Fsp3) is 0.462. The molecule has 0 fully saturated rings. The average Bonchev–Trinajstić information content (AvgIpc) is 2.82. The van der Waals surface area contributed by atoms with Gasteiger partial charge in [-0.25, -0.2) is 0 Å². The fourth-order valence-electron chi connectivity index (χ4n) is 1.90. The van der Waals surface area contributed by atoms with E-state index in [4.69, 9.17) is 14.6 Å². The van der Waals surface area contributed by atoms with Crippen LogP contribution in [-0.2, 0) is 4.79 Å². The van der Waals surface area contributed by atoms with E-state index in [1.807, 2.05) is 0 Å². The smallest absolute Gasteiger partial charge is 0.306 e. The predicted octanol–water partition coefficient (Wildman–Crippen LogP) is 1.81. The van der Waals surface area contributed by atoms with Crippen molar-refractivity contribution in [3.63, 3.8) is 0 Å². The molecule has 0 saturated heterocycles. The fourth-order valence-corrected chi connectivity index (χ4v) is 1.90. The summed E-state index contributed by atoms with van der Waals surface area (Å²) in [5.41, 5.74) is 0.639. The number of fused-ring (bicyclic) bond motifs is 1. The Balaban J connectivity index is 2.18. The molecule has 5 nitrogen and oxygen atoms in total. The lowest BCUT2D eigenvalue weighted by molar-refractivity contribution is -0.144. The number of ether oxygens (including phenoxy) is 2. The quantitative estimate of drug-likeness (QED) is 0.854. The van der Waals surface area contributed by atoms with Gasteiger partial charge in [0, 0.05) is 0 Å². The van der Waals surface area contributed by atoms with Gasteiger partial charge in [0.05, 0.1) is 12.0 Å². The molecule has 1 heterocycles. The van der Waals surface area contributed by atoms with Crippen LogP contribution in [0.25, 0.3) is 0 Å². The molecule has 2 rings (SSSR count). The summed E-state index contributed by atoms with van der Waals surface area (Å²) in [5, 5.41) is 19.1. The van der Waals surface area contributed by atoms with Crippen molar-refractivity contribution < 1.29 is 24.5 Å². The SMILES string of the molecule is CC(C(=O)O)C(C)C(O)c1ccc2c(c1)OCO2. The molecule has 1 aromatic rings. The Morgan fingerprint density at radius 2 is 1.94 bits per heavy atom. The number of hydrogen-bond acceptors (Lipinski definition) is 4. The summed E-state index contributed by atoms with van der Waals surface area (Å²) in [6.07, 6.45) is -0.842. The number of carbonyl (C=O) groups is 1. The molecule has 5 heteroatoms. The minimum atomic E-state index is -0.915. The predicted molar refractivity (Wildman–Crippen MR) is 63.5 cm³/mol. The van der Waals surface area contributed by atoms with E-state index >= 15 is 0 Å². The lowest BCUT2D eigenvalue weighted by atomic mass is 9.87. The van der Waals surface area contributed by atoms with Crippen molar-refractivity contribution in [2.75, 3.05) is 6.79 Å². The van der Waals surface area contributed by atoms with E-state index in [0.717, 1.165) is 0 Å². The molecule has 0 aromatic heterocycles. The first-order chi connectivity index (χ1) is 8.50. The number of aliphatic hydroxyl groups is 1. The molecule has 0 aliphatic carbocycles. The molecule has 3 unspecified atom stereocenters. The maximum atomic E-state index is 10.9. The molecule has 18 heavy (non-hydrogen) atoms. The van der Waals surface area contributed by atoms with Crippen molar-refractivity contribution in [3.8, 4) is 11.5 Å². The lowest BCUT2D eigenvalue weighted by Crippen LogP contribution is -2.23. The molecule has 0 saturated carbocycles. The normalized spacial score (nSPS) is 18.2. The number of benzene rings is 1. The number of rotatable bonds is 4. The Labute approximate surface area is 105 Å². The lowest BCUT2D eigenvalue weighted by Gasteiger charge is -2.22. The third-order valence-corrected chi connectivity index (χ3v) is 3.41. The van der Waals surface area contributed by atoms with Crippen molar-refractivity contribution in [2.45, 2.75) is 20.0 Å². The van der Waals surface area contributed by atoms with Crippen LogP contribution >= 0.6 is 0 Å². The first kappa shape index (κ1) is 12.7. The van der Waals surface area contributed by atoms with Gasteiger partial charge < -0.3 is 19.7 Å². The van der Waals surface area contributed by atoms with Crippen molar-refractivity contribution in [1.29, 1.82) is 0 Å². The Bertz CT molecular complexity index is 457. The summed E-state index contributed by atoms with van der Waals surface area (Å²) >= 11 is 0. The molecule has 1 aliphatic rings. The highest BCUT2D eigenvalue weighted by Crippen LogP contribution is 2.36. The third-order valence-electron chi connectivity index (χ3n) is 3.41. The molecule has 0 spiro atoms. The molecular weight excluding hydrogens is 236 g/mol. The largest absolute Gasteiger partial charge is 0.481 e. The van der Waals surface area contributed by atoms with Crippen LogP contribution in [0.15, 0.2) is 18.2 Å². The van der Waals surface area contributed by atoms with Gasteiger partial charge in [0.15, 0.2) is 11.5 Å². The maximum Gasteiger partial charge on any atom is 0.306 e. The topological polar surface area (TPSA) is 76.0 Å². The van der Waals surface area contributed by atoms with Gasteiger partial charge in [0.25, 0.3) is 0 Å². The molecule has 3 atom stereocenters. The van der Waals surface area contributed by atoms with Crippen LogP contribution in [0.2, 0.25) is 0 Å². The van der Waals surface area contributed by atoms with E-state index < -0.39 is 18.0 Å². The van der Waals surface area contributed by atoms with E-state index in [2.05, 4.69) is 0 Å². The van der Waals surface area contributed by atoms with Crippen LogP contribution < -0.4 is 9.47 Å². The van der Waals surface area contributed by atoms with Crippen LogP contribution in [0, 0.1) is 11.8 Å². The molecule has 0 amide bonds. The molecule has 1 aliphatic heterocycles. The van der Waals surface area contributed by atoms with Crippen molar-refractivity contribution in [1.82, 2.24) is 0 Å². The minimum absolute atomic E-state index is 0.177. The van der Waals surface area contributed by atoms with E-state index in [1.165, 1.54) is 0 Å². The summed E-state index contributed by atoms with van der Waals surface area (Å²) in [5.74, 6) is -0.692. The number of hydrogen-bond donors (Lipinski definition) is 2. The summed E-state index contributed by atoms with van der Waals surface area (Å²) in [6, 6.07) is 5.14. The minimum Gasteiger partial charge on any atom is -0.481 e. The van der Waals surface area contributed by atoms with Crippen molar-refractivity contribution in [2.24, 2.45) is 11.8 Å². The molecule has 2 N–H and O–H groups in total. The van der Waals surface area contributed by atoms with Gasteiger partial charge in [-0.2, -0.15) is 0 Å². The van der Waals surface area contributed by atoms with Gasteiger partial charge in [-0.05, 0) is 23.6 Å². The van der Waals surface area contributed by atoms with Gasteiger partial charge >= 0.3 is 5.97 Å². The second-order valence-electron chi connectivity index (χ2n) is 4.54. The zero-order valence-electron chi connectivity index (χ0n) is 10.3. The molecule has 1 aromatic carbocycles. The van der Waals surface area contributed by atoms with Gasteiger partial charge in [0.2, 0.25) is 6.79 Å².